The van der Waals surface area contributed by atoms with Crippen molar-refractivity contribution >= 4 is 17.4 Å². The van der Waals surface area contributed by atoms with Gasteiger partial charge in [0.25, 0.3) is 0 Å². The van der Waals surface area contributed by atoms with E-state index in [-0.39, 0.29) is 25.8 Å². The molecule has 0 bridgehead atoms. The molecule has 3 N–H and O–H groups in total. The lowest BCUT2D eigenvalue weighted by molar-refractivity contribution is 0.0509. The summed E-state index contributed by atoms with van der Waals surface area (Å²) in [6.45, 7) is 5.48. The number of para-hydroxylation sites is 2. The molecule has 140 valence electrons. The molecular weight excluding hydrogens is 320 g/mol. The summed E-state index contributed by atoms with van der Waals surface area (Å²) in [5.41, 5.74) is 1.08. The maximum Gasteiger partial charge on any atom is 0.321 e. The lowest BCUT2D eigenvalue weighted by Gasteiger charge is -2.35. The molecule has 1 aliphatic heterocycles. The van der Waals surface area contributed by atoms with Crippen LogP contribution >= 0.6 is 0 Å². The van der Waals surface area contributed by atoms with Crippen molar-refractivity contribution in [2.75, 3.05) is 70.2 Å². The smallest absolute Gasteiger partial charge is 0.321 e. The Morgan fingerprint density at radius 1 is 1.20 bits per heavy atom. The Kier molecular flexibility index (Phi) is 6.64. The predicted octanol–water partition coefficient (Wildman–Crippen LogP) is 0.893. The fourth-order valence-corrected chi connectivity index (χ4v) is 2.91. The van der Waals surface area contributed by atoms with Crippen molar-refractivity contribution in [2.24, 2.45) is 5.41 Å². The molecule has 0 radical (unpaired) electrons. The van der Waals surface area contributed by atoms with Crippen LogP contribution in [0.15, 0.2) is 24.3 Å². The van der Waals surface area contributed by atoms with Crippen LogP contribution in [-0.2, 0) is 0 Å². The Labute approximate surface area is 149 Å². The Balaban J connectivity index is 2.06. The van der Waals surface area contributed by atoms with Gasteiger partial charge in [0.05, 0.1) is 24.6 Å². The lowest BCUT2D eigenvalue weighted by Crippen LogP contribution is -2.45. The normalized spacial score (nSPS) is 16.0. The number of nitrogens with zero attached hydrogens (tertiary/aromatic N) is 3. The minimum Gasteiger partial charge on any atom is -0.396 e. The van der Waals surface area contributed by atoms with Crippen molar-refractivity contribution in [3.05, 3.63) is 24.3 Å². The summed E-state index contributed by atoms with van der Waals surface area (Å²) in [5, 5.41) is 21.8. The van der Waals surface area contributed by atoms with Crippen molar-refractivity contribution in [3.8, 4) is 0 Å². The van der Waals surface area contributed by atoms with Crippen LogP contribution in [-0.4, -0.2) is 86.1 Å². The molecular formula is C18H30N4O3. The summed E-state index contributed by atoms with van der Waals surface area (Å²) >= 11 is 0. The fraction of sp³-hybridized carbons (Fsp3) is 0.611. The Bertz CT molecular complexity index is 569. The van der Waals surface area contributed by atoms with E-state index in [1.54, 1.807) is 14.0 Å². The number of urea groups is 1. The van der Waals surface area contributed by atoms with E-state index < -0.39 is 5.41 Å². The number of piperazine rings is 1. The molecule has 1 aromatic carbocycles. The highest BCUT2D eigenvalue weighted by Gasteiger charge is 2.27. The highest BCUT2D eigenvalue weighted by Crippen LogP contribution is 2.27. The second kappa shape index (κ2) is 8.51. The SMILES string of the molecule is CN1CCN(c2ccccc2NC(=O)N(C)CC(C)(CO)CO)CC1. The van der Waals surface area contributed by atoms with Gasteiger partial charge in [-0.2, -0.15) is 0 Å². The summed E-state index contributed by atoms with van der Waals surface area (Å²) in [5.74, 6) is 0. The maximum atomic E-state index is 12.5. The average Bonchev–Trinajstić information content (AvgIpc) is 2.62. The van der Waals surface area contributed by atoms with Crippen LogP contribution in [0.4, 0.5) is 16.2 Å². The molecule has 0 atom stereocenters. The van der Waals surface area contributed by atoms with Crippen LogP contribution in [0.3, 0.4) is 0 Å². The predicted molar refractivity (Wildman–Crippen MR) is 100 cm³/mol. The van der Waals surface area contributed by atoms with Gasteiger partial charge in [-0.05, 0) is 19.2 Å². The van der Waals surface area contributed by atoms with Gasteiger partial charge in [-0.25, -0.2) is 4.79 Å². The second-order valence-electron chi connectivity index (χ2n) is 7.22. The van der Waals surface area contributed by atoms with Gasteiger partial charge in [-0.1, -0.05) is 19.1 Å². The number of carbonyl (C=O) groups excluding carboxylic acids is 1. The monoisotopic (exact) mass is 350 g/mol. The van der Waals surface area contributed by atoms with Crippen molar-refractivity contribution < 1.29 is 15.0 Å². The van der Waals surface area contributed by atoms with Crippen LogP contribution in [0.25, 0.3) is 0 Å². The topological polar surface area (TPSA) is 79.3 Å². The number of anilines is 2. The number of nitrogens with one attached hydrogen (secondary N) is 1. The van der Waals surface area contributed by atoms with Gasteiger partial charge in [-0.15, -0.1) is 0 Å². The number of hydrogen-bond acceptors (Lipinski definition) is 5. The zero-order valence-corrected chi connectivity index (χ0v) is 15.4. The molecule has 7 nitrogen and oxygen atoms in total. The average molecular weight is 350 g/mol. The number of amides is 2. The number of benzene rings is 1. The molecule has 2 amide bonds. The first-order valence-corrected chi connectivity index (χ1v) is 8.65. The van der Waals surface area contributed by atoms with Gasteiger partial charge >= 0.3 is 6.03 Å². The number of aliphatic hydroxyl groups excluding tert-OH is 2. The zero-order valence-electron chi connectivity index (χ0n) is 15.4. The number of hydrogen-bond donors (Lipinski definition) is 3. The molecule has 1 fully saturated rings. The summed E-state index contributed by atoms with van der Waals surface area (Å²) in [6.07, 6.45) is 0. The number of carbonyl (C=O) groups is 1. The summed E-state index contributed by atoms with van der Waals surface area (Å²) in [6, 6.07) is 7.54. The first kappa shape index (κ1) is 19.5. The number of likely N-dealkylation sites (N-methyl/N-ethyl adjacent to an activating group) is 1. The molecule has 0 aromatic heterocycles. The van der Waals surface area contributed by atoms with Gasteiger partial charge < -0.3 is 30.2 Å². The lowest BCUT2D eigenvalue weighted by atomic mass is 9.92. The van der Waals surface area contributed by atoms with E-state index in [0.29, 0.717) is 0 Å². The number of aliphatic hydroxyl groups is 2. The van der Waals surface area contributed by atoms with Crippen LogP contribution in [0, 0.1) is 5.41 Å². The fourth-order valence-electron chi connectivity index (χ4n) is 2.91. The van der Waals surface area contributed by atoms with Crippen molar-refractivity contribution in [2.45, 2.75) is 6.92 Å². The first-order chi connectivity index (χ1) is 11.9. The van der Waals surface area contributed by atoms with E-state index in [4.69, 9.17) is 0 Å². The first-order valence-electron chi connectivity index (χ1n) is 8.65. The second-order valence-corrected chi connectivity index (χ2v) is 7.22. The molecule has 1 heterocycles. The highest BCUT2D eigenvalue weighted by atomic mass is 16.3. The molecule has 0 aliphatic carbocycles. The van der Waals surface area contributed by atoms with Gasteiger partial charge in [0.2, 0.25) is 0 Å². The van der Waals surface area contributed by atoms with Gasteiger partial charge in [0, 0.05) is 45.2 Å². The molecule has 1 saturated heterocycles. The molecule has 0 spiro atoms. The molecule has 0 saturated carbocycles. The molecule has 25 heavy (non-hydrogen) atoms. The van der Waals surface area contributed by atoms with Crippen LogP contribution in [0.5, 0.6) is 0 Å². The Morgan fingerprint density at radius 3 is 2.40 bits per heavy atom. The minimum absolute atomic E-state index is 0.182. The molecule has 7 heteroatoms. The van der Waals surface area contributed by atoms with Crippen LogP contribution in [0.1, 0.15) is 6.92 Å². The molecule has 0 unspecified atom stereocenters. The quantitative estimate of drug-likeness (QED) is 0.710. The van der Waals surface area contributed by atoms with Gasteiger partial charge in [-0.3, -0.25) is 0 Å². The largest absolute Gasteiger partial charge is 0.396 e. The summed E-state index contributed by atoms with van der Waals surface area (Å²) < 4.78 is 0. The van der Waals surface area contributed by atoms with Gasteiger partial charge in [0.1, 0.15) is 0 Å². The van der Waals surface area contributed by atoms with Crippen molar-refractivity contribution in [1.82, 2.24) is 9.80 Å². The Hall–Kier alpha value is -1.83. The molecule has 2 rings (SSSR count). The molecule has 1 aliphatic rings. The van der Waals surface area contributed by atoms with E-state index in [9.17, 15) is 15.0 Å². The van der Waals surface area contributed by atoms with E-state index >= 15 is 0 Å². The standard InChI is InChI=1S/C18H30N4O3/c1-18(13-23,14-24)12-21(3)17(25)19-15-6-4-5-7-16(15)22-10-8-20(2)9-11-22/h4-7,23-24H,8-14H2,1-3H3,(H,19,25). The van der Waals surface area contributed by atoms with E-state index in [2.05, 4.69) is 22.2 Å². The maximum absolute atomic E-state index is 12.5. The minimum atomic E-state index is -0.719. The summed E-state index contributed by atoms with van der Waals surface area (Å²) in [4.78, 5) is 18.6. The third kappa shape index (κ3) is 5.07. The third-order valence-electron chi connectivity index (χ3n) is 4.72. The van der Waals surface area contributed by atoms with E-state index in [0.717, 1.165) is 37.6 Å². The van der Waals surface area contributed by atoms with Crippen LogP contribution in [0.2, 0.25) is 0 Å². The van der Waals surface area contributed by atoms with Crippen molar-refractivity contribution in [3.63, 3.8) is 0 Å². The van der Waals surface area contributed by atoms with Gasteiger partial charge in [0.15, 0.2) is 0 Å². The van der Waals surface area contributed by atoms with E-state index in [1.807, 2.05) is 24.3 Å². The highest BCUT2D eigenvalue weighted by molar-refractivity contribution is 5.93. The zero-order chi connectivity index (χ0) is 18.4. The van der Waals surface area contributed by atoms with Crippen LogP contribution < -0.4 is 10.2 Å². The molecule has 1 aromatic rings. The third-order valence-corrected chi connectivity index (χ3v) is 4.72. The van der Waals surface area contributed by atoms with Crippen molar-refractivity contribution in [1.29, 1.82) is 0 Å². The number of rotatable bonds is 6. The summed E-state index contributed by atoms with van der Waals surface area (Å²) in [7, 11) is 3.77. The Morgan fingerprint density at radius 2 is 1.80 bits per heavy atom. The van der Waals surface area contributed by atoms with E-state index in [1.165, 1.54) is 4.90 Å².